The van der Waals surface area contributed by atoms with Crippen LogP contribution in [0.25, 0.3) is 0 Å². The molecule has 0 N–H and O–H groups in total. The van der Waals surface area contributed by atoms with Crippen LogP contribution >= 0.6 is 0 Å². The summed E-state index contributed by atoms with van der Waals surface area (Å²) in [4.78, 5) is 3.72. The van der Waals surface area contributed by atoms with Crippen LogP contribution in [0.5, 0.6) is 0 Å². The standard InChI is InChI=1S/C7H13N/c1-3-4-5-6-7-8-2/h3H,1-2,4-7H2. The quantitative estimate of drug-likeness (QED) is 0.292. The predicted molar refractivity (Wildman–Crippen MR) is 38.5 cm³/mol. The second kappa shape index (κ2) is 6.41. The molecule has 0 atom stereocenters. The molecule has 0 fully saturated rings. The first-order valence-electron chi connectivity index (χ1n) is 2.95. The third kappa shape index (κ3) is 5.41. The second-order valence-electron chi connectivity index (χ2n) is 1.73. The van der Waals surface area contributed by atoms with E-state index in [0.29, 0.717) is 0 Å². The highest BCUT2D eigenvalue weighted by Gasteiger charge is 1.79. The van der Waals surface area contributed by atoms with Crippen molar-refractivity contribution in [3.8, 4) is 0 Å². The zero-order valence-corrected chi connectivity index (χ0v) is 5.27. The Bertz CT molecular complexity index is 56.8. The predicted octanol–water partition coefficient (Wildman–Crippen LogP) is 2.04. The Balaban J connectivity index is 2.71. The minimum Gasteiger partial charge on any atom is -0.301 e. The van der Waals surface area contributed by atoms with Crippen molar-refractivity contribution in [2.75, 3.05) is 6.54 Å². The molecule has 0 saturated heterocycles. The molecule has 0 aromatic rings. The van der Waals surface area contributed by atoms with E-state index in [0.717, 1.165) is 19.4 Å². The molecule has 0 rings (SSSR count). The highest BCUT2D eigenvalue weighted by atomic mass is 14.7. The molecule has 0 spiro atoms. The van der Waals surface area contributed by atoms with Crippen molar-refractivity contribution < 1.29 is 0 Å². The molecule has 46 valence electrons. The van der Waals surface area contributed by atoms with Gasteiger partial charge in [0.1, 0.15) is 0 Å². The third-order valence-corrected chi connectivity index (χ3v) is 0.974. The zero-order chi connectivity index (χ0) is 6.24. The van der Waals surface area contributed by atoms with E-state index in [1.807, 2.05) is 6.08 Å². The third-order valence-electron chi connectivity index (χ3n) is 0.974. The molecule has 1 heteroatoms. The molecule has 0 aliphatic heterocycles. The molecule has 8 heavy (non-hydrogen) atoms. The van der Waals surface area contributed by atoms with Crippen LogP contribution in [0.4, 0.5) is 0 Å². The van der Waals surface area contributed by atoms with Gasteiger partial charge in [0.2, 0.25) is 0 Å². The van der Waals surface area contributed by atoms with Gasteiger partial charge in [-0.15, -0.1) is 6.58 Å². The first kappa shape index (κ1) is 7.41. The van der Waals surface area contributed by atoms with Crippen LogP contribution in [-0.2, 0) is 0 Å². The molecule has 0 aliphatic rings. The van der Waals surface area contributed by atoms with E-state index in [4.69, 9.17) is 0 Å². The summed E-state index contributed by atoms with van der Waals surface area (Å²) >= 11 is 0. The maximum absolute atomic E-state index is 3.72. The zero-order valence-electron chi connectivity index (χ0n) is 5.27. The molecular formula is C7H13N. The molecule has 0 aliphatic carbocycles. The Labute approximate surface area is 51.1 Å². The van der Waals surface area contributed by atoms with Crippen LogP contribution in [0, 0.1) is 0 Å². The van der Waals surface area contributed by atoms with Crippen LogP contribution in [0.3, 0.4) is 0 Å². The van der Waals surface area contributed by atoms with Gasteiger partial charge in [0.25, 0.3) is 0 Å². The number of hydrogen-bond acceptors (Lipinski definition) is 1. The fourth-order valence-electron chi connectivity index (χ4n) is 0.512. The summed E-state index contributed by atoms with van der Waals surface area (Å²) in [5.74, 6) is 0. The molecule has 0 unspecified atom stereocenters. The fraction of sp³-hybridized carbons (Fsp3) is 0.571. The van der Waals surface area contributed by atoms with Crippen molar-refractivity contribution in [1.29, 1.82) is 0 Å². The number of rotatable bonds is 5. The van der Waals surface area contributed by atoms with Gasteiger partial charge in [0.15, 0.2) is 0 Å². The van der Waals surface area contributed by atoms with Gasteiger partial charge in [0.05, 0.1) is 0 Å². The topological polar surface area (TPSA) is 12.4 Å². The van der Waals surface area contributed by atoms with Gasteiger partial charge in [-0.05, 0) is 26.0 Å². The highest BCUT2D eigenvalue weighted by molar-refractivity contribution is 5.22. The smallest absolute Gasteiger partial charge is 0.0382 e. The van der Waals surface area contributed by atoms with E-state index in [9.17, 15) is 0 Å². The minimum absolute atomic E-state index is 0.897. The molecule has 0 aromatic heterocycles. The Morgan fingerprint density at radius 2 is 2.12 bits per heavy atom. The first-order valence-corrected chi connectivity index (χ1v) is 2.95. The Morgan fingerprint density at radius 1 is 1.38 bits per heavy atom. The van der Waals surface area contributed by atoms with Gasteiger partial charge in [-0.2, -0.15) is 0 Å². The molecule has 0 heterocycles. The fourth-order valence-corrected chi connectivity index (χ4v) is 0.512. The van der Waals surface area contributed by atoms with Crippen LogP contribution in [0.2, 0.25) is 0 Å². The van der Waals surface area contributed by atoms with Crippen LogP contribution < -0.4 is 0 Å². The lowest BCUT2D eigenvalue weighted by molar-refractivity contribution is 0.762. The van der Waals surface area contributed by atoms with Gasteiger partial charge in [0, 0.05) is 6.54 Å². The van der Waals surface area contributed by atoms with Gasteiger partial charge < -0.3 is 4.99 Å². The Hall–Kier alpha value is -0.590. The molecule has 0 radical (unpaired) electrons. The average molecular weight is 111 g/mol. The summed E-state index contributed by atoms with van der Waals surface area (Å²) < 4.78 is 0. The normalized spacial score (nSPS) is 8.50. The molecule has 0 saturated carbocycles. The molecular weight excluding hydrogens is 98.1 g/mol. The van der Waals surface area contributed by atoms with Crippen LogP contribution in [0.15, 0.2) is 17.6 Å². The lowest BCUT2D eigenvalue weighted by atomic mass is 10.2. The number of unbranched alkanes of at least 4 members (excludes halogenated alkanes) is 2. The summed E-state index contributed by atoms with van der Waals surface area (Å²) in [6.45, 7) is 7.89. The number of nitrogens with zero attached hydrogens (tertiary/aromatic N) is 1. The van der Waals surface area contributed by atoms with Crippen molar-refractivity contribution in [3.05, 3.63) is 12.7 Å². The number of allylic oxidation sites excluding steroid dienone is 1. The maximum Gasteiger partial charge on any atom is 0.0382 e. The van der Waals surface area contributed by atoms with Gasteiger partial charge in [-0.1, -0.05) is 6.08 Å². The molecule has 0 bridgehead atoms. The van der Waals surface area contributed by atoms with Crippen LogP contribution in [-0.4, -0.2) is 13.3 Å². The van der Waals surface area contributed by atoms with E-state index in [1.54, 1.807) is 0 Å². The lowest BCUT2D eigenvalue weighted by Crippen LogP contribution is -1.77. The SMILES string of the molecule is C=CCCCCN=C. The van der Waals surface area contributed by atoms with E-state index < -0.39 is 0 Å². The summed E-state index contributed by atoms with van der Waals surface area (Å²) in [5.41, 5.74) is 0. The van der Waals surface area contributed by atoms with E-state index in [-0.39, 0.29) is 0 Å². The van der Waals surface area contributed by atoms with Gasteiger partial charge in [-0.3, -0.25) is 0 Å². The Kier molecular flexibility index (Phi) is 5.94. The molecule has 0 amide bonds. The largest absolute Gasteiger partial charge is 0.301 e. The van der Waals surface area contributed by atoms with Crippen molar-refractivity contribution in [1.82, 2.24) is 0 Å². The number of hydrogen-bond donors (Lipinski definition) is 0. The second-order valence-corrected chi connectivity index (χ2v) is 1.73. The van der Waals surface area contributed by atoms with E-state index >= 15 is 0 Å². The van der Waals surface area contributed by atoms with Crippen molar-refractivity contribution in [2.45, 2.75) is 19.3 Å². The highest BCUT2D eigenvalue weighted by Crippen LogP contribution is 1.94. The Morgan fingerprint density at radius 3 is 2.62 bits per heavy atom. The van der Waals surface area contributed by atoms with E-state index in [1.165, 1.54) is 6.42 Å². The van der Waals surface area contributed by atoms with Gasteiger partial charge in [-0.25, -0.2) is 0 Å². The average Bonchev–Trinajstić information content (AvgIpc) is 1.81. The lowest BCUT2D eigenvalue weighted by Gasteiger charge is -1.89. The molecule has 0 aromatic carbocycles. The summed E-state index contributed by atoms with van der Waals surface area (Å²) in [6, 6.07) is 0. The van der Waals surface area contributed by atoms with Crippen molar-refractivity contribution >= 4 is 6.72 Å². The van der Waals surface area contributed by atoms with Crippen molar-refractivity contribution in [3.63, 3.8) is 0 Å². The summed E-state index contributed by atoms with van der Waals surface area (Å²) in [6.07, 6.45) is 5.39. The van der Waals surface area contributed by atoms with E-state index in [2.05, 4.69) is 18.3 Å². The van der Waals surface area contributed by atoms with Crippen LogP contribution in [0.1, 0.15) is 19.3 Å². The maximum atomic E-state index is 3.72. The minimum atomic E-state index is 0.897. The first-order chi connectivity index (χ1) is 3.91. The molecule has 1 nitrogen and oxygen atoms in total. The monoisotopic (exact) mass is 111 g/mol. The summed E-state index contributed by atoms with van der Waals surface area (Å²) in [5, 5.41) is 0. The number of aliphatic imine (C=N–C) groups is 1. The van der Waals surface area contributed by atoms with Gasteiger partial charge >= 0.3 is 0 Å². The summed E-state index contributed by atoms with van der Waals surface area (Å²) in [7, 11) is 0. The van der Waals surface area contributed by atoms with Crippen molar-refractivity contribution in [2.24, 2.45) is 4.99 Å².